The van der Waals surface area contributed by atoms with E-state index in [0.717, 1.165) is 17.7 Å². The summed E-state index contributed by atoms with van der Waals surface area (Å²) in [6.45, 7) is 0. The summed E-state index contributed by atoms with van der Waals surface area (Å²) in [5.74, 6) is 1.22. The van der Waals surface area contributed by atoms with Gasteiger partial charge in [0, 0.05) is 0 Å². The largest absolute Gasteiger partial charge is 0.454 e. The lowest BCUT2D eigenvalue weighted by molar-refractivity contribution is -0.115. The van der Waals surface area contributed by atoms with E-state index in [4.69, 9.17) is 4.74 Å². The van der Waals surface area contributed by atoms with Gasteiger partial charge in [0.2, 0.25) is 5.78 Å². The average molecular weight is 253 g/mol. The molecule has 1 heterocycles. The summed E-state index contributed by atoms with van der Waals surface area (Å²) in [5, 5.41) is 0.307. The van der Waals surface area contributed by atoms with Crippen molar-refractivity contribution >= 4 is 21.7 Å². The minimum absolute atomic E-state index is 0.0143. The Morgan fingerprint density at radius 2 is 2.21 bits per heavy atom. The number of ketones is 1. The molecule has 1 aliphatic heterocycles. The number of carbonyl (C=O) groups is 1. The number of alkyl halides is 1. The number of carbonyl (C=O) groups excluding carboxylic acids is 1. The van der Waals surface area contributed by atoms with Crippen LogP contribution in [0.4, 0.5) is 0 Å². The fourth-order valence-corrected chi connectivity index (χ4v) is 1.65. The van der Waals surface area contributed by atoms with Crippen LogP contribution in [-0.4, -0.2) is 11.1 Å². The maximum absolute atomic E-state index is 11.3. The fraction of sp³-hybridized carbons (Fsp3) is 0.182. The highest BCUT2D eigenvalue weighted by atomic mass is 79.9. The molecule has 72 valence electrons. The number of hydrogen-bond donors (Lipinski definition) is 0. The summed E-state index contributed by atoms with van der Waals surface area (Å²) in [7, 11) is 0. The standard InChI is InChI=1S/C11H9BrO2/c12-7-9(13)11-6-5-8-3-1-2-4-10(8)14-11/h1-4,6H,5,7H2. The van der Waals surface area contributed by atoms with Crippen LogP contribution in [0.3, 0.4) is 0 Å². The molecule has 0 saturated carbocycles. The van der Waals surface area contributed by atoms with Crippen molar-refractivity contribution < 1.29 is 9.53 Å². The van der Waals surface area contributed by atoms with E-state index in [-0.39, 0.29) is 5.78 Å². The molecule has 0 unspecified atom stereocenters. The molecule has 2 rings (SSSR count). The van der Waals surface area contributed by atoms with Crippen molar-refractivity contribution in [2.45, 2.75) is 6.42 Å². The second kappa shape index (κ2) is 3.96. The number of allylic oxidation sites excluding steroid dienone is 2. The fourth-order valence-electron chi connectivity index (χ4n) is 1.37. The molecule has 3 heteroatoms. The van der Waals surface area contributed by atoms with Gasteiger partial charge in [0.25, 0.3) is 0 Å². The van der Waals surface area contributed by atoms with Gasteiger partial charge in [0.1, 0.15) is 5.75 Å². The number of halogens is 1. The van der Waals surface area contributed by atoms with Crippen molar-refractivity contribution in [3.63, 3.8) is 0 Å². The number of hydrogen-bond acceptors (Lipinski definition) is 2. The van der Waals surface area contributed by atoms with E-state index in [0.29, 0.717) is 11.1 Å². The summed E-state index contributed by atoms with van der Waals surface area (Å²) in [6.07, 6.45) is 2.59. The highest BCUT2D eigenvalue weighted by molar-refractivity contribution is 9.09. The predicted molar refractivity (Wildman–Crippen MR) is 57.7 cm³/mol. The highest BCUT2D eigenvalue weighted by Gasteiger charge is 2.16. The van der Waals surface area contributed by atoms with Crippen LogP contribution >= 0.6 is 15.9 Å². The Kier molecular flexibility index (Phi) is 2.68. The lowest BCUT2D eigenvalue weighted by Gasteiger charge is -2.16. The SMILES string of the molecule is O=C(CBr)C1=CCc2ccccc2O1. The van der Waals surface area contributed by atoms with E-state index in [2.05, 4.69) is 15.9 Å². The Balaban J connectivity index is 2.25. The molecule has 0 bridgehead atoms. The smallest absolute Gasteiger partial charge is 0.208 e. The topological polar surface area (TPSA) is 26.3 Å². The third-order valence-corrected chi connectivity index (χ3v) is 2.61. The van der Waals surface area contributed by atoms with Crippen LogP contribution in [0.1, 0.15) is 5.56 Å². The van der Waals surface area contributed by atoms with Crippen molar-refractivity contribution in [2.24, 2.45) is 0 Å². The lowest BCUT2D eigenvalue weighted by Crippen LogP contribution is -2.14. The van der Waals surface area contributed by atoms with Gasteiger partial charge < -0.3 is 4.74 Å². The van der Waals surface area contributed by atoms with Crippen LogP contribution in [0.15, 0.2) is 36.1 Å². The van der Waals surface area contributed by atoms with Gasteiger partial charge in [-0.25, -0.2) is 0 Å². The third-order valence-electron chi connectivity index (χ3n) is 2.10. The number of para-hydroxylation sites is 1. The second-order valence-corrected chi connectivity index (χ2v) is 3.60. The summed E-state index contributed by atoms with van der Waals surface area (Å²) in [6, 6.07) is 7.75. The first-order valence-electron chi connectivity index (χ1n) is 4.36. The van der Waals surface area contributed by atoms with Gasteiger partial charge in [0.15, 0.2) is 5.76 Å². The van der Waals surface area contributed by atoms with Gasteiger partial charge in [-0.1, -0.05) is 34.1 Å². The minimum Gasteiger partial charge on any atom is -0.454 e. The molecule has 0 saturated heterocycles. The monoisotopic (exact) mass is 252 g/mol. The van der Waals surface area contributed by atoms with Gasteiger partial charge in [-0.05, 0) is 24.1 Å². The zero-order chi connectivity index (χ0) is 9.97. The Morgan fingerprint density at radius 1 is 1.43 bits per heavy atom. The number of benzene rings is 1. The molecule has 14 heavy (non-hydrogen) atoms. The predicted octanol–water partition coefficient (Wildman–Crippen LogP) is 2.47. The molecule has 0 radical (unpaired) electrons. The van der Waals surface area contributed by atoms with Crippen molar-refractivity contribution in [2.75, 3.05) is 5.33 Å². The summed E-state index contributed by atoms with van der Waals surface area (Å²) in [5.41, 5.74) is 1.12. The first-order chi connectivity index (χ1) is 6.81. The zero-order valence-corrected chi connectivity index (χ0v) is 9.08. The summed E-state index contributed by atoms with van der Waals surface area (Å²) >= 11 is 3.12. The summed E-state index contributed by atoms with van der Waals surface area (Å²) in [4.78, 5) is 11.3. The molecule has 1 aliphatic rings. The minimum atomic E-state index is -0.0143. The van der Waals surface area contributed by atoms with E-state index in [1.807, 2.05) is 30.3 Å². The van der Waals surface area contributed by atoms with Gasteiger partial charge in [-0.2, -0.15) is 0 Å². The molecule has 0 amide bonds. The maximum Gasteiger partial charge on any atom is 0.208 e. The Bertz CT molecular complexity index is 396. The van der Waals surface area contributed by atoms with Crippen LogP contribution in [0.25, 0.3) is 0 Å². The van der Waals surface area contributed by atoms with Crippen LogP contribution < -0.4 is 4.74 Å². The van der Waals surface area contributed by atoms with Crippen LogP contribution in [0.2, 0.25) is 0 Å². The van der Waals surface area contributed by atoms with Crippen molar-refractivity contribution in [1.82, 2.24) is 0 Å². The molecule has 0 aliphatic carbocycles. The van der Waals surface area contributed by atoms with Crippen molar-refractivity contribution in [3.8, 4) is 5.75 Å². The van der Waals surface area contributed by atoms with Gasteiger partial charge >= 0.3 is 0 Å². The van der Waals surface area contributed by atoms with E-state index >= 15 is 0 Å². The summed E-state index contributed by atoms with van der Waals surface area (Å²) < 4.78 is 5.47. The van der Waals surface area contributed by atoms with Gasteiger partial charge in [-0.3, -0.25) is 4.79 Å². The molecule has 2 nitrogen and oxygen atoms in total. The van der Waals surface area contributed by atoms with Crippen LogP contribution in [0, 0.1) is 0 Å². The molecule has 0 fully saturated rings. The number of rotatable bonds is 2. The Hall–Kier alpha value is -1.09. The van der Waals surface area contributed by atoms with Gasteiger partial charge in [0.05, 0.1) is 5.33 Å². The Morgan fingerprint density at radius 3 is 3.00 bits per heavy atom. The molecule has 0 aromatic heterocycles. The molecular weight excluding hydrogens is 244 g/mol. The van der Waals surface area contributed by atoms with Gasteiger partial charge in [-0.15, -0.1) is 0 Å². The molecule has 0 N–H and O–H groups in total. The van der Waals surface area contributed by atoms with Crippen LogP contribution in [-0.2, 0) is 11.2 Å². The van der Waals surface area contributed by atoms with Crippen molar-refractivity contribution in [1.29, 1.82) is 0 Å². The van der Waals surface area contributed by atoms with E-state index < -0.39 is 0 Å². The third kappa shape index (κ3) is 1.73. The number of fused-ring (bicyclic) bond motifs is 1. The first kappa shape index (κ1) is 9.46. The van der Waals surface area contributed by atoms with Crippen molar-refractivity contribution in [3.05, 3.63) is 41.7 Å². The molecule has 1 aromatic rings. The number of ether oxygens (including phenoxy) is 1. The number of Topliss-reactive ketones (excluding diaryl/α,β-unsaturated/α-hetero) is 1. The maximum atomic E-state index is 11.3. The lowest BCUT2D eigenvalue weighted by atomic mass is 10.1. The average Bonchev–Trinajstić information content (AvgIpc) is 2.27. The molecule has 0 atom stereocenters. The highest BCUT2D eigenvalue weighted by Crippen LogP contribution is 2.26. The quantitative estimate of drug-likeness (QED) is 0.757. The zero-order valence-electron chi connectivity index (χ0n) is 7.50. The van der Waals surface area contributed by atoms with Crippen LogP contribution in [0.5, 0.6) is 5.75 Å². The molecule has 1 aromatic carbocycles. The molecule has 0 spiro atoms. The second-order valence-electron chi connectivity index (χ2n) is 3.04. The first-order valence-corrected chi connectivity index (χ1v) is 5.48. The van der Waals surface area contributed by atoms with E-state index in [1.165, 1.54) is 0 Å². The molecular formula is C11H9BrO2. The van der Waals surface area contributed by atoms with E-state index in [9.17, 15) is 4.79 Å². The van der Waals surface area contributed by atoms with E-state index in [1.54, 1.807) is 0 Å². The normalized spacial score (nSPS) is 13.9. The Labute approximate surface area is 90.7 Å².